The molecule has 0 unspecified atom stereocenters. The first-order valence-electron chi connectivity index (χ1n) is 24.5. The minimum absolute atomic E-state index is 1.22. The van der Waals surface area contributed by atoms with Crippen molar-refractivity contribution >= 4 is 108 Å². The van der Waals surface area contributed by atoms with E-state index in [4.69, 9.17) is 0 Å². The summed E-state index contributed by atoms with van der Waals surface area (Å²) in [7, 11) is 0. The van der Waals surface area contributed by atoms with E-state index in [9.17, 15) is 0 Å². The molecule has 0 amide bonds. The van der Waals surface area contributed by atoms with Gasteiger partial charge in [-0.15, -0.1) is 0 Å². The Morgan fingerprint density at radius 1 is 0.143 bits per heavy atom. The van der Waals surface area contributed by atoms with Crippen LogP contribution in [0.15, 0.2) is 243 Å². The summed E-state index contributed by atoms with van der Waals surface area (Å²) in [4.78, 5) is 0. The van der Waals surface area contributed by atoms with Gasteiger partial charge in [0.05, 0.1) is 0 Å². The van der Waals surface area contributed by atoms with E-state index >= 15 is 0 Å². The number of benzene rings is 14. The third-order valence-electron chi connectivity index (χ3n) is 15.9. The fourth-order valence-electron chi connectivity index (χ4n) is 13.3. The minimum Gasteiger partial charge on any atom is -0.0622 e. The highest BCUT2D eigenvalue weighted by Crippen LogP contribution is 2.58. The maximum absolute atomic E-state index is 2.44. The van der Waals surface area contributed by atoms with Gasteiger partial charge < -0.3 is 0 Å². The highest BCUT2D eigenvalue weighted by molar-refractivity contribution is 6.53. The molecule has 16 aromatic rings. The Bertz CT molecular complexity index is 4770. The minimum atomic E-state index is 1.22. The third-order valence-corrected chi connectivity index (χ3v) is 15.9. The number of hydrogen-bond acceptors (Lipinski definition) is 0. The molecule has 0 N–H and O–H groups in total. The van der Waals surface area contributed by atoms with Crippen molar-refractivity contribution in [2.24, 2.45) is 0 Å². The Balaban J connectivity index is 1.20. The lowest BCUT2D eigenvalue weighted by Crippen LogP contribution is -1.95. The summed E-state index contributed by atoms with van der Waals surface area (Å²) in [6.07, 6.45) is 0. The highest BCUT2D eigenvalue weighted by Gasteiger charge is 2.30. The smallest absolute Gasteiger partial charge is 0.000696 e. The second-order valence-corrected chi connectivity index (χ2v) is 19.2. The Morgan fingerprint density at radius 3 is 0.957 bits per heavy atom. The van der Waals surface area contributed by atoms with Crippen LogP contribution in [0.4, 0.5) is 0 Å². The molecule has 0 saturated carbocycles. The molecule has 0 aliphatic heterocycles. The van der Waals surface area contributed by atoms with Crippen LogP contribution in [0.25, 0.3) is 163 Å². The topological polar surface area (TPSA) is 0 Å². The molecular weight excluding hydrogens is 841 g/mol. The second-order valence-electron chi connectivity index (χ2n) is 19.2. The molecule has 0 aromatic heterocycles. The summed E-state index contributed by atoms with van der Waals surface area (Å²) in [6, 6.07) is 91.2. The summed E-state index contributed by atoms with van der Waals surface area (Å²) in [6.45, 7) is 0. The van der Waals surface area contributed by atoms with E-state index in [0.29, 0.717) is 0 Å². The molecule has 0 bridgehead atoms. The molecule has 0 nitrogen and oxygen atoms in total. The third kappa shape index (κ3) is 4.94. The number of hydrogen-bond donors (Lipinski definition) is 0. The van der Waals surface area contributed by atoms with Crippen LogP contribution in [0, 0.1) is 0 Å². The predicted molar refractivity (Wildman–Crippen MR) is 302 cm³/mol. The SMILES string of the molecule is c1ccc(-c2ccccc2-c2c3cccc4c3c(c3cccc5c(-c6ccccc6-c6ccccc6)c6c7ccc(-c8ccccc8)c8cccc(c87)c6c4c53)c3c4cccc5cccc(c23)c54)cc1. The molecule has 0 saturated heterocycles. The van der Waals surface area contributed by atoms with Gasteiger partial charge in [0.25, 0.3) is 0 Å². The molecule has 16 rings (SSSR count). The predicted octanol–water partition coefficient (Wildman–Crippen LogP) is 19.9. The highest BCUT2D eigenvalue weighted by atomic mass is 14.3. The van der Waals surface area contributed by atoms with E-state index in [-0.39, 0.29) is 0 Å². The second kappa shape index (κ2) is 14.2. The molecule has 0 aliphatic carbocycles. The molecular formula is C70H40. The van der Waals surface area contributed by atoms with Gasteiger partial charge in [0.15, 0.2) is 0 Å². The van der Waals surface area contributed by atoms with Gasteiger partial charge in [-0.25, -0.2) is 0 Å². The van der Waals surface area contributed by atoms with E-state index in [1.807, 2.05) is 0 Å². The normalized spacial score (nSPS) is 12.3. The average molecular weight is 881 g/mol. The van der Waals surface area contributed by atoms with Crippen LogP contribution >= 0.6 is 0 Å². The van der Waals surface area contributed by atoms with E-state index < -0.39 is 0 Å². The van der Waals surface area contributed by atoms with Crippen LogP contribution in [0.5, 0.6) is 0 Å². The van der Waals surface area contributed by atoms with Gasteiger partial charge in [0.2, 0.25) is 0 Å². The maximum Gasteiger partial charge on any atom is -0.000696 e. The van der Waals surface area contributed by atoms with Gasteiger partial charge in [0, 0.05) is 0 Å². The Labute approximate surface area is 403 Å². The maximum atomic E-state index is 2.44. The first kappa shape index (κ1) is 37.9. The zero-order valence-electron chi connectivity index (χ0n) is 38.1. The Hall–Kier alpha value is -9.10. The molecule has 70 heavy (non-hydrogen) atoms. The fraction of sp³-hybridized carbons (Fsp3) is 0. The molecule has 0 fully saturated rings. The summed E-state index contributed by atoms with van der Waals surface area (Å²) < 4.78 is 0. The molecule has 0 radical (unpaired) electrons. The molecule has 0 aliphatic rings. The van der Waals surface area contributed by atoms with Gasteiger partial charge in [-0.05, 0) is 163 Å². The lowest BCUT2D eigenvalue weighted by atomic mass is 9.79. The van der Waals surface area contributed by atoms with Crippen molar-refractivity contribution in [3.05, 3.63) is 243 Å². The summed E-state index contributed by atoms with van der Waals surface area (Å²) in [5, 5.41) is 26.3. The van der Waals surface area contributed by atoms with E-state index in [2.05, 4.69) is 243 Å². The largest absolute Gasteiger partial charge is 0.0622 e. The quantitative estimate of drug-likeness (QED) is 0.119. The first-order valence-corrected chi connectivity index (χ1v) is 24.5. The molecule has 0 atom stereocenters. The van der Waals surface area contributed by atoms with E-state index in [1.54, 1.807) is 0 Å². The summed E-state index contributed by atoms with van der Waals surface area (Å²) in [5.41, 5.74) is 12.5. The Morgan fingerprint density at radius 2 is 0.471 bits per heavy atom. The van der Waals surface area contributed by atoms with Crippen molar-refractivity contribution in [1.29, 1.82) is 0 Å². The van der Waals surface area contributed by atoms with Crippen molar-refractivity contribution < 1.29 is 0 Å². The zero-order chi connectivity index (χ0) is 45.6. The number of fused-ring (bicyclic) bond motifs is 10. The van der Waals surface area contributed by atoms with Crippen LogP contribution in [0.1, 0.15) is 0 Å². The van der Waals surface area contributed by atoms with E-state index in [0.717, 1.165) is 0 Å². The van der Waals surface area contributed by atoms with Gasteiger partial charge in [0.1, 0.15) is 0 Å². The number of rotatable bonds is 5. The van der Waals surface area contributed by atoms with Crippen molar-refractivity contribution in [1.82, 2.24) is 0 Å². The van der Waals surface area contributed by atoms with Crippen molar-refractivity contribution in [3.8, 4) is 55.6 Å². The summed E-state index contributed by atoms with van der Waals surface area (Å²) >= 11 is 0. The fourth-order valence-corrected chi connectivity index (χ4v) is 13.3. The van der Waals surface area contributed by atoms with Gasteiger partial charge in [-0.2, -0.15) is 0 Å². The average Bonchev–Trinajstić information content (AvgIpc) is 3.95. The molecule has 0 spiro atoms. The zero-order valence-corrected chi connectivity index (χ0v) is 38.1. The van der Waals surface area contributed by atoms with Gasteiger partial charge in [-0.3, -0.25) is 0 Å². The van der Waals surface area contributed by atoms with E-state index in [1.165, 1.54) is 163 Å². The standard InChI is InChI=1S/C70H40/c1-4-19-41(20-5-1)45-27-10-12-29-49(45)61-54-35-17-38-57-63(54)66(69-52-33-15-26-44-25-14-32-51(59(44)52)65(61)69)56-37-18-36-55-62(50-30-13-11-28-46(50)42-21-6-2-7-22-42)68-58-40-39-47(43-23-8-3-9-24-43)48-31-16-34-53(60(48)58)70(68)67(57)64(55)56/h1-40H. The van der Waals surface area contributed by atoms with Crippen LogP contribution < -0.4 is 0 Å². The molecule has 0 heterocycles. The van der Waals surface area contributed by atoms with Crippen LogP contribution in [0.2, 0.25) is 0 Å². The lowest BCUT2D eigenvalue weighted by Gasteiger charge is -2.23. The lowest BCUT2D eigenvalue weighted by molar-refractivity contribution is 1.61. The molecule has 0 heteroatoms. The summed E-state index contributed by atoms with van der Waals surface area (Å²) in [5.74, 6) is 0. The van der Waals surface area contributed by atoms with Crippen LogP contribution in [-0.2, 0) is 0 Å². The van der Waals surface area contributed by atoms with Crippen LogP contribution in [-0.4, -0.2) is 0 Å². The van der Waals surface area contributed by atoms with Crippen molar-refractivity contribution in [2.45, 2.75) is 0 Å². The molecule has 320 valence electrons. The first-order chi connectivity index (χ1) is 34.8. The van der Waals surface area contributed by atoms with Crippen molar-refractivity contribution in [3.63, 3.8) is 0 Å². The van der Waals surface area contributed by atoms with Crippen LogP contribution in [0.3, 0.4) is 0 Å². The monoisotopic (exact) mass is 880 g/mol. The Kier molecular flexibility index (Phi) is 7.70. The van der Waals surface area contributed by atoms with Crippen molar-refractivity contribution in [2.75, 3.05) is 0 Å². The molecule has 16 aromatic carbocycles. The van der Waals surface area contributed by atoms with Gasteiger partial charge in [-0.1, -0.05) is 243 Å². The van der Waals surface area contributed by atoms with Gasteiger partial charge >= 0.3 is 0 Å².